The number of benzene rings is 1. The standard InChI is InChI=1S/C18H22Cl2N4O3S/c1-12(15-4-3-14(19)7-16(15)20)22-18(25)10-24-5-6-28(26,27)11-17(24)13-8-21-23(2)9-13/h3-4,7-9,12,17H,5-6,10-11H2,1-2H3,(H,22,25)/t12-,17+/m1/s1. The fraction of sp³-hybridized carbons (Fsp3) is 0.444. The van der Waals surface area contributed by atoms with Crippen molar-refractivity contribution in [2.45, 2.75) is 19.0 Å². The van der Waals surface area contributed by atoms with Crippen LogP contribution in [0.3, 0.4) is 0 Å². The van der Waals surface area contributed by atoms with Crippen LogP contribution in [0.15, 0.2) is 30.6 Å². The largest absolute Gasteiger partial charge is 0.348 e. The molecule has 1 fully saturated rings. The van der Waals surface area contributed by atoms with Gasteiger partial charge in [-0.1, -0.05) is 29.3 Å². The van der Waals surface area contributed by atoms with Crippen LogP contribution in [0.5, 0.6) is 0 Å². The van der Waals surface area contributed by atoms with E-state index in [-0.39, 0.29) is 30.0 Å². The molecule has 1 aromatic heterocycles. The molecule has 2 atom stereocenters. The lowest BCUT2D eigenvalue weighted by atomic mass is 10.1. The Balaban J connectivity index is 1.70. The number of carbonyl (C=O) groups excluding carboxylic acids is 1. The molecule has 0 radical (unpaired) electrons. The van der Waals surface area contributed by atoms with Crippen molar-refractivity contribution in [1.29, 1.82) is 0 Å². The number of aromatic nitrogens is 2. The number of hydrogen-bond donors (Lipinski definition) is 1. The van der Waals surface area contributed by atoms with Gasteiger partial charge < -0.3 is 5.32 Å². The average molecular weight is 445 g/mol. The van der Waals surface area contributed by atoms with E-state index in [1.54, 1.807) is 42.3 Å². The van der Waals surface area contributed by atoms with Crippen molar-refractivity contribution in [3.8, 4) is 0 Å². The molecule has 0 unspecified atom stereocenters. The molecule has 1 aromatic carbocycles. The summed E-state index contributed by atoms with van der Waals surface area (Å²) in [4.78, 5) is 14.5. The molecular formula is C18H22Cl2N4O3S. The van der Waals surface area contributed by atoms with Gasteiger partial charge >= 0.3 is 0 Å². The molecule has 0 bridgehead atoms. The second-order valence-corrected chi connectivity index (χ2v) is 10.1. The molecule has 1 amide bonds. The Labute approximate surface area is 174 Å². The zero-order valence-corrected chi connectivity index (χ0v) is 17.9. The molecule has 2 aromatic rings. The van der Waals surface area contributed by atoms with Crippen LogP contribution in [-0.2, 0) is 21.7 Å². The number of rotatable bonds is 5. The molecule has 1 aliphatic heterocycles. The summed E-state index contributed by atoms with van der Waals surface area (Å²) in [7, 11) is -1.38. The van der Waals surface area contributed by atoms with Gasteiger partial charge in [0.25, 0.3) is 0 Å². The van der Waals surface area contributed by atoms with Gasteiger partial charge in [0, 0.05) is 35.4 Å². The molecule has 0 saturated carbocycles. The van der Waals surface area contributed by atoms with Crippen LogP contribution in [0.25, 0.3) is 0 Å². The zero-order valence-electron chi connectivity index (χ0n) is 15.6. The van der Waals surface area contributed by atoms with E-state index in [1.165, 1.54) is 0 Å². The molecule has 1 saturated heterocycles. The number of nitrogens with one attached hydrogen (secondary N) is 1. The van der Waals surface area contributed by atoms with Crippen LogP contribution in [0.4, 0.5) is 0 Å². The van der Waals surface area contributed by atoms with Crippen LogP contribution >= 0.6 is 23.2 Å². The van der Waals surface area contributed by atoms with E-state index >= 15 is 0 Å². The van der Waals surface area contributed by atoms with Crippen molar-refractivity contribution < 1.29 is 13.2 Å². The Morgan fingerprint density at radius 2 is 2.14 bits per heavy atom. The number of nitrogens with zero attached hydrogens (tertiary/aromatic N) is 3. The molecule has 0 aliphatic carbocycles. The first-order valence-corrected chi connectivity index (χ1v) is 11.4. The summed E-state index contributed by atoms with van der Waals surface area (Å²) < 4.78 is 25.9. The number of aryl methyl sites for hydroxylation is 1. The first-order valence-electron chi connectivity index (χ1n) is 8.82. The highest BCUT2D eigenvalue weighted by atomic mass is 35.5. The smallest absolute Gasteiger partial charge is 0.234 e. The summed E-state index contributed by atoms with van der Waals surface area (Å²) in [5, 5.41) is 8.06. The third-order valence-electron chi connectivity index (χ3n) is 4.80. The van der Waals surface area contributed by atoms with Gasteiger partial charge in [-0.15, -0.1) is 0 Å². The summed E-state index contributed by atoms with van der Waals surface area (Å²) in [6.45, 7) is 2.22. The van der Waals surface area contributed by atoms with E-state index in [0.717, 1.165) is 11.1 Å². The first kappa shape index (κ1) is 21.1. The molecule has 1 aliphatic rings. The predicted octanol–water partition coefficient (Wildman–Crippen LogP) is 2.38. The van der Waals surface area contributed by atoms with Crippen LogP contribution in [-0.4, -0.2) is 53.6 Å². The summed E-state index contributed by atoms with van der Waals surface area (Å²) in [6.07, 6.45) is 3.43. The van der Waals surface area contributed by atoms with Gasteiger partial charge in [-0.2, -0.15) is 5.10 Å². The maximum Gasteiger partial charge on any atom is 0.234 e. The number of sulfone groups is 1. The Kier molecular flexibility index (Phi) is 6.34. The minimum Gasteiger partial charge on any atom is -0.348 e. The highest BCUT2D eigenvalue weighted by molar-refractivity contribution is 7.91. The minimum absolute atomic E-state index is 0.0233. The minimum atomic E-state index is -3.16. The van der Waals surface area contributed by atoms with Gasteiger partial charge in [0.05, 0.1) is 36.3 Å². The molecule has 0 spiro atoms. The Bertz CT molecular complexity index is 977. The van der Waals surface area contributed by atoms with Gasteiger partial charge in [0.15, 0.2) is 9.84 Å². The van der Waals surface area contributed by atoms with E-state index in [2.05, 4.69) is 10.4 Å². The fourth-order valence-corrected chi connectivity index (χ4v) is 5.49. The first-order chi connectivity index (χ1) is 13.1. The molecule has 28 heavy (non-hydrogen) atoms. The van der Waals surface area contributed by atoms with Gasteiger partial charge in [-0.3, -0.25) is 14.4 Å². The molecular weight excluding hydrogens is 423 g/mol. The van der Waals surface area contributed by atoms with E-state index < -0.39 is 15.9 Å². The summed E-state index contributed by atoms with van der Waals surface area (Å²) in [5.41, 5.74) is 1.55. The third-order valence-corrected chi connectivity index (χ3v) is 7.00. The Morgan fingerprint density at radius 1 is 1.39 bits per heavy atom. The lowest BCUT2D eigenvalue weighted by Gasteiger charge is -2.34. The fourth-order valence-electron chi connectivity index (χ4n) is 3.35. The van der Waals surface area contributed by atoms with Crippen molar-refractivity contribution in [3.63, 3.8) is 0 Å². The predicted molar refractivity (Wildman–Crippen MR) is 109 cm³/mol. The van der Waals surface area contributed by atoms with Crippen molar-refractivity contribution in [3.05, 3.63) is 51.8 Å². The summed E-state index contributed by atoms with van der Waals surface area (Å²) in [6, 6.07) is 4.44. The number of amides is 1. The molecule has 2 heterocycles. The van der Waals surface area contributed by atoms with Crippen LogP contribution in [0, 0.1) is 0 Å². The van der Waals surface area contributed by atoms with Gasteiger partial charge in [-0.25, -0.2) is 8.42 Å². The molecule has 152 valence electrons. The van der Waals surface area contributed by atoms with Crippen LogP contribution in [0.2, 0.25) is 10.0 Å². The third kappa shape index (κ3) is 5.05. The topological polar surface area (TPSA) is 84.3 Å². The summed E-state index contributed by atoms with van der Waals surface area (Å²) in [5.74, 6) is -0.188. The van der Waals surface area contributed by atoms with Gasteiger partial charge in [0.2, 0.25) is 5.91 Å². The lowest BCUT2D eigenvalue weighted by molar-refractivity contribution is -0.123. The molecule has 3 rings (SSSR count). The normalized spacial score (nSPS) is 20.6. The van der Waals surface area contributed by atoms with Crippen LogP contribution < -0.4 is 5.32 Å². The molecule has 7 nitrogen and oxygen atoms in total. The van der Waals surface area contributed by atoms with Gasteiger partial charge in [-0.05, 0) is 24.6 Å². The monoisotopic (exact) mass is 444 g/mol. The number of carbonyl (C=O) groups is 1. The average Bonchev–Trinajstić information content (AvgIpc) is 3.02. The second-order valence-electron chi connectivity index (χ2n) is 7.00. The van der Waals surface area contributed by atoms with Crippen molar-refractivity contribution in [1.82, 2.24) is 20.0 Å². The van der Waals surface area contributed by atoms with Crippen molar-refractivity contribution in [2.24, 2.45) is 7.05 Å². The SMILES string of the molecule is C[C@@H](NC(=O)CN1CCS(=O)(=O)C[C@H]1c1cnn(C)c1)c1ccc(Cl)cc1Cl. The molecule has 10 heteroatoms. The van der Waals surface area contributed by atoms with Crippen molar-refractivity contribution in [2.75, 3.05) is 24.6 Å². The quantitative estimate of drug-likeness (QED) is 0.764. The van der Waals surface area contributed by atoms with E-state index in [4.69, 9.17) is 23.2 Å². The molecule has 1 N–H and O–H groups in total. The highest BCUT2D eigenvalue weighted by Gasteiger charge is 2.34. The Morgan fingerprint density at radius 3 is 2.79 bits per heavy atom. The zero-order chi connectivity index (χ0) is 20.5. The number of hydrogen-bond acceptors (Lipinski definition) is 5. The number of halogens is 2. The lowest BCUT2D eigenvalue weighted by Crippen LogP contribution is -2.47. The highest BCUT2D eigenvalue weighted by Crippen LogP contribution is 2.28. The second kappa shape index (κ2) is 8.41. The van der Waals surface area contributed by atoms with Crippen LogP contribution in [0.1, 0.15) is 30.1 Å². The maximum absolute atomic E-state index is 12.6. The van der Waals surface area contributed by atoms with E-state index in [9.17, 15) is 13.2 Å². The van der Waals surface area contributed by atoms with E-state index in [1.807, 2.05) is 11.8 Å². The van der Waals surface area contributed by atoms with E-state index in [0.29, 0.717) is 16.6 Å². The van der Waals surface area contributed by atoms with Gasteiger partial charge in [0.1, 0.15) is 0 Å². The summed E-state index contributed by atoms with van der Waals surface area (Å²) >= 11 is 12.1. The Hall–Kier alpha value is -1.61. The maximum atomic E-state index is 12.6. The van der Waals surface area contributed by atoms with Crippen molar-refractivity contribution >= 4 is 38.9 Å².